The molecule has 1 N–H and O–H groups in total. The fraction of sp³-hybridized carbons (Fsp3) is 0.344. The molecule has 1 heterocycles. The van der Waals surface area contributed by atoms with Crippen molar-refractivity contribution < 1.29 is 19.5 Å². The predicted molar refractivity (Wildman–Crippen MR) is 153 cm³/mol. The monoisotopic (exact) mass is 525 g/mol. The average molecular weight is 526 g/mol. The van der Waals surface area contributed by atoms with Crippen molar-refractivity contribution in [3.8, 4) is 11.1 Å². The zero-order chi connectivity index (χ0) is 28.0. The SMILES string of the molecule is CCCCc1nc2c(n1Cc1ccc(-c3ccccc3C(=O)O)cc1)CC(=NC(=O)CC(C)(C)CC=O)C=C2. The average Bonchev–Trinajstić information content (AvgIpc) is 3.23. The third kappa shape index (κ3) is 6.85. The van der Waals surface area contributed by atoms with Gasteiger partial charge in [0, 0.05) is 32.2 Å². The summed E-state index contributed by atoms with van der Waals surface area (Å²) in [7, 11) is 0. The van der Waals surface area contributed by atoms with Gasteiger partial charge in [0.15, 0.2) is 0 Å². The van der Waals surface area contributed by atoms with E-state index in [1.807, 2.05) is 62.4 Å². The zero-order valence-electron chi connectivity index (χ0n) is 22.8. The van der Waals surface area contributed by atoms with Crippen LogP contribution in [0.3, 0.4) is 0 Å². The van der Waals surface area contributed by atoms with Crippen molar-refractivity contribution in [1.82, 2.24) is 9.55 Å². The lowest BCUT2D eigenvalue weighted by Gasteiger charge is -2.19. The first kappa shape index (κ1) is 27.9. The van der Waals surface area contributed by atoms with Crippen molar-refractivity contribution in [3.63, 3.8) is 0 Å². The van der Waals surface area contributed by atoms with Gasteiger partial charge in [0.2, 0.25) is 5.91 Å². The van der Waals surface area contributed by atoms with E-state index in [1.54, 1.807) is 12.1 Å². The number of nitrogens with zero attached hydrogens (tertiary/aromatic N) is 3. The molecule has 39 heavy (non-hydrogen) atoms. The summed E-state index contributed by atoms with van der Waals surface area (Å²) in [6.45, 7) is 6.57. The van der Waals surface area contributed by atoms with E-state index in [9.17, 15) is 19.5 Å². The highest BCUT2D eigenvalue weighted by Crippen LogP contribution is 2.27. The Kier molecular flexibility index (Phi) is 8.69. The number of carbonyl (C=O) groups is 3. The van der Waals surface area contributed by atoms with Crippen molar-refractivity contribution in [1.29, 1.82) is 0 Å². The second-order valence-corrected chi connectivity index (χ2v) is 10.8. The van der Waals surface area contributed by atoms with Crippen molar-refractivity contribution in [2.24, 2.45) is 10.4 Å². The summed E-state index contributed by atoms with van der Waals surface area (Å²) in [6.07, 6.45) is 8.62. The quantitative estimate of drug-likeness (QED) is 0.301. The van der Waals surface area contributed by atoms with Crippen LogP contribution in [0.5, 0.6) is 0 Å². The third-order valence-corrected chi connectivity index (χ3v) is 7.02. The molecule has 0 saturated heterocycles. The Bertz CT molecular complexity index is 1430. The van der Waals surface area contributed by atoms with Crippen molar-refractivity contribution in [2.45, 2.75) is 65.8 Å². The first-order valence-corrected chi connectivity index (χ1v) is 13.4. The van der Waals surface area contributed by atoms with Crippen LogP contribution < -0.4 is 0 Å². The lowest BCUT2D eigenvalue weighted by atomic mass is 9.86. The summed E-state index contributed by atoms with van der Waals surface area (Å²) in [6, 6.07) is 15.0. The molecule has 1 aliphatic rings. The molecule has 7 heteroatoms. The normalized spacial score (nSPS) is 13.9. The van der Waals surface area contributed by atoms with Gasteiger partial charge in [-0.05, 0) is 46.7 Å². The number of aliphatic imine (C=N–C) groups is 1. The molecule has 7 nitrogen and oxygen atoms in total. The van der Waals surface area contributed by atoms with E-state index in [4.69, 9.17) is 4.98 Å². The third-order valence-electron chi connectivity index (χ3n) is 7.02. The number of aldehydes is 1. The van der Waals surface area contributed by atoms with Gasteiger partial charge in [-0.2, -0.15) is 0 Å². The number of aromatic nitrogens is 2. The van der Waals surface area contributed by atoms with Crippen LogP contribution in [0, 0.1) is 5.41 Å². The maximum atomic E-state index is 12.7. The lowest BCUT2D eigenvalue weighted by Crippen LogP contribution is -2.19. The standard InChI is InChI=1S/C32H35N3O4/c1-4-5-10-29-34-27-16-15-24(33-30(37)20-32(2,3)17-18-36)19-28(27)35(29)21-22-11-13-23(14-12-22)25-8-6-7-9-26(25)31(38)39/h6-9,11-16,18H,4-5,10,17,19-21H2,1-3H3,(H,38,39). The molecule has 3 aromatic rings. The summed E-state index contributed by atoms with van der Waals surface area (Å²) < 4.78 is 2.23. The Morgan fingerprint density at radius 1 is 1.10 bits per heavy atom. The van der Waals surface area contributed by atoms with Gasteiger partial charge in [0.25, 0.3) is 0 Å². The number of rotatable bonds is 11. The topological polar surface area (TPSA) is 102 Å². The molecule has 4 rings (SSSR count). The van der Waals surface area contributed by atoms with Gasteiger partial charge in [0.05, 0.1) is 22.7 Å². The first-order valence-electron chi connectivity index (χ1n) is 13.4. The van der Waals surface area contributed by atoms with E-state index in [2.05, 4.69) is 16.5 Å². The van der Waals surface area contributed by atoms with Crippen LogP contribution in [0.15, 0.2) is 59.6 Å². The molecule has 202 valence electrons. The van der Waals surface area contributed by atoms with Gasteiger partial charge < -0.3 is 14.5 Å². The summed E-state index contributed by atoms with van der Waals surface area (Å²) in [5.41, 5.74) is 5.10. The predicted octanol–water partition coefficient (Wildman–Crippen LogP) is 6.18. The minimum atomic E-state index is -0.948. The van der Waals surface area contributed by atoms with E-state index in [0.717, 1.165) is 53.9 Å². The van der Waals surface area contributed by atoms with E-state index in [1.165, 1.54) is 0 Å². The molecular weight excluding hydrogens is 490 g/mol. The number of unbranched alkanes of at least 4 members (excludes halogenated alkanes) is 1. The van der Waals surface area contributed by atoms with E-state index in [0.29, 0.717) is 30.7 Å². The van der Waals surface area contributed by atoms with Crippen LogP contribution in [0.1, 0.15) is 79.6 Å². The number of benzene rings is 2. The van der Waals surface area contributed by atoms with Crippen LogP contribution >= 0.6 is 0 Å². The molecule has 0 radical (unpaired) electrons. The van der Waals surface area contributed by atoms with E-state index >= 15 is 0 Å². The summed E-state index contributed by atoms with van der Waals surface area (Å²) in [5.74, 6) is -0.164. The molecule has 1 amide bonds. The smallest absolute Gasteiger partial charge is 0.336 e. The van der Waals surface area contributed by atoms with Crippen LogP contribution in [0.4, 0.5) is 0 Å². The maximum Gasteiger partial charge on any atom is 0.336 e. The van der Waals surface area contributed by atoms with Gasteiger partial charge in [-0.25, -0.2) is 14.8 Å². The highest BCUT2D eigenvalue weighted by molar-refractivity contribution is 6.07. The van der Waals surface area contributed by atoms with Crippen LogP contribution in [-0.4, -0.2) is 38.5 Å². The van der Waals surface area contributed by atoms with Gasteiger partial charge in [-0.15, -0.1) is 0 Å². The van der Waals surface area contributed by atoms with Crippen LogP contribution in [-0.2, 0) is 29.0 Å². The Labute approximate surface area is 229 Å². The van der Waals surface area contributed by atoms with Crippen molar-refractivity contribution in [2.75, 3.05) is 0 Å². The molecule has 2 aromatic carbocycles. The number of carboxylic acids is 1. The number of aromatic carboxylic acids is 1. The molecule has 0 unspecified atom stereocenters. The summed E-state index contributed by atoms with van der Waals surface area (Å²) >= 11 is 0. The Balaban J connectivity index is 1.59. The number of carbonyl (C=O) groups excluding carboxylic acids is 2. The number of allylic oxidation sites excluding steroid dienone is 1. The van der Waals surface area contributed by atoms with Crippen LogP contribution in [0.2, 0.25) is 0 Å². The Hall–Kier alpha value is -4.13. The van der Waals surface area contributed by atoms with Gasteiger partial charge in [-0.3, -0.25) is 4.79 Å². The first-order chi connectivity index (χ1) is 18.7. The van der Waals surface area contributed by atoms with Crippen molar-refractivity contribution >= 4 is 30.0 Å². The van der Waals surface area contributed by atoms with E-state index in [-0.39, 0.29) is 17.9 Å². The maximum absolute atomic E-state index is 12.7. The van der Waals surface area contributed by atoms with Crippen molar-refractivity contribution in [3.05, 3.63) is 82.9 Å². The van der Waals surface area contributed by atoms with Gasteiger partial charge in [-0.1, -0.05) is 69.7 Å². The number of fused-ring (bicyclic) bond motifs is 1. The lowest BCUT2D eigenvalue weighted by molar-refractivity contribution is -0.120. The number of imidazole rings is 1. The van der Waals surface area contributed by atoms with E-state index < -0.39 is 11.4 Å². The number of amides is 1. The fourth-order valence-electron chi connectivity index (χ4n) is 4.87. The minimum Gasteiger partial charge on any atom is -0.478 e. The molecule has 0 aliphatic heterocycles. The summed E-state index contributed by atoms with van der Waals surface area (Å²) in [4.78, 5) is 44.5. The molecule has 1 aliphatic carbocycles. The number of hydrogen-bond donors (Lipinski definition) is 1. The Morgan fingerprint density at radius 2 is 1.85 bits per heavy atom. The molecule has 0 saturated carbocycles. The second kappa shape index (κ2) is 12.2. The fourth-order valence-corrected chi connectivity index (χ4v) is 4.87. The molecule has 1 aromatic heterocycles. The molecule has 0 bridgehead atoms. The van der Waals surface area contributed by atoms with Crippen LogP contribution in [0.25, 0.3) is 17.2 Å². The highest BCUT2D eigenvalue weighted by Gasteiger charge is 2.24. The number of hydrogen-bond acceptors (Lipinski definition) is 4. The molecule has 0 spiro atoms. The largest absolute Gasteiger partial charge is 0.478 e. The van der Waals surface area contributed by atoms with Gasteiger partial charge >= 0.3 is 5.97 Å². The highest BCUT2D eigenvalue weighted by atomic mass is 16.4. The molecule has 0 atom stereocenters. The number of aryl methyl sites for hydroxylation is 1. The Morgan fingerprint density at radius 3 is 2.54 bits per heavy atom. The van der Waals surface area contributed by atoms with Gasteiger partial charge in [0.1, 0.15) is 12.1 Å². The molecular formula is C32H35N3O4. The zero-order valence-corrected chi connectivity index (χ0v) is 22.8. The second-order valence-electron chi connectivity index (χ2n) is 10.8. The summed E-state index contributed by atoms with van der Waals surface area (Å²) in [5, 5.41) is 9.56. The minimum absolute atomic E-state index is 0.217. The molecule has 0 fully saturated rings. The number of carboxylic acid groups (broad SMARTS) is 1.